The van der Waals surface area contributed by atoms with Crippen LogP contribution in [-0.4, -0.2) is 87.6 Å². The van der Waals surface area contributed by atoms with Gasteiger partial charge < -0.3 is 41.0 Å². The first kappa shape index (κ1) is 58.4. The molecule has 20 rings (SSSR count). The summed E-state index contributed by atoms with van der Waals surface area (Å²) in [7, 11) is 6.52. The first-order chi connectivity index (χ1) is 42.2. The van der Waals surface area contributed by atoms with E-state index in [4.69, 9.17) is 20.2 Å². The Hall–Kier alpha value is -3.65. The molecule has 0 aromatic heterocycles. The highest BCUT2D eigenvalue weighted by molar-refractivity contribution is 8.77. The van der Waals surface area contributed by atoms with Gasteiger partial charge in [-0.25, -0.2) is 0 Å². The number of aromatic hydroxyl groups is 1. The van der Waals surface area contributed by atoms with Crippen LogP contribution in [-0.2, 0) is 27.3 Å². The second-order valence-corrected chi connectivity index (χ2v) is 34.5. The first-order valence-corrected chi connectivity index (χ1v) is 37.7. The van der Waals surface area contributed by atoms with Gasteiger partial charge in [-0.1, -0.05) is 95.8 Å². The number of benzene rings is 2. The highest BCUT2D eigenvalue weighted by atomic mass is 33.1. The molecule has 6 N–H and O–H groups in total. The van der Waals surface area contributed by atoms with Gasteiger partial charge in [-0.3, -0.25) is 14.6 Å². The van der Waals surface area contributed by atoms with Crippen LogP contribution in [0, 0.1) is 74.4 Å². The van der Waals surface area contributed by atoms with Crippen LogP contribution in [0.15, 0.2) is 65.7 Å². The second kappa shape index (κ2) is 21.7. The molecule has 10 fully saturated rings. The molecule has 1 saturated heterocycles. The summed E-state index contributed by atoms with van der Waals surface area (Å²) in [4.78, 5) is 36.0. The molecule has 17 atom stereocenters. The fourth-order valence-corrected chi connectivity index (χ4v) is 29.6. The van der Waals surface area contributed by atoms with Gasteiger partial charge >= 0.3 is 5.97 Å². The molecule has 2 aromatic carbocycles. The molecule has 12 bridgehead atoms. The van der Waals surface area contributed by atoms with Crippen molar-refractivity contribution in [1.29, 1.82) is 0 Å². The van der Waals surface area contributed by atoms with Crippen LogP contribution in [0.4, 0.5) is 0 Å². The number of aryl methyl sites for hydroxylation is 1. The summed E-state index contributed by atoms with van der Waals surface area (Å²) < 4.78 is 14.0. The first-order valence-electron chi connectivity index (χ1n) is 35.4. The third kappa shape index (κ3) is 8.69. The number of carbonyl (C=O) groups is 2. The van der Waals surface area contributed by atoms with Crippen molar-refractivity contribution >= 4 is 39.4 Å². The minimum atomic E-state index is -0.843. The number of nitrogens with zero attached hydrogens (tertiary/aromatic N) is 2. The van der Waals surface area contributed by atoms with E-state index in [-0.39, 0.29) is 74.4 Å². The summed E-state index contributed by atoms with van der Waals surface area (Å²) in [6, 6.07) is 13.1. The third-order valence-electron chi connectivity index (χ3n) is 28.9. The molecule has 470 valence electrons. The average Bonchev–Trinajstić information content (AvgIpc) is 1.53. The number of allylic oxidation sites excluding steroid dienone is 3. The monoisotopic (exact) mass is 1220 g/mol. The number of guanidine groups is 1. The van der Waals surface area contributed by atoms with Crippen LogP contribution in [0.3, 0.4) is 0 Å². The van der Waals surface area contributed by atoms with Crippen LogP contribution in [0.25, 0.3) is 0 Å². The Labute approximate surface area is 527 Å². The molecule has 7 spiro atoms. The standard InChI is InChI=1S/C74H101N5O6S2/c1-47(80)84-68-32-21-49-38-52(64(83)65-63(49)50-23-35-71(85-65)28-10-14-53(71)39-50)44-79-46-69(41-62(79)82)54(16-18-58(69)48-12-4-3-5-13-48)43-77-66(75)78-74(31-11-27-67(74)25-6-7-26-67)87-86-45-55-15-17-56(57(24-33-68)61(81)40-68)60-20-19-59-51(42-76-2)22-34-70(59)36-37-73(55,60)72(70)29-8-9-30-72/h3-5,12-13,19-20,23,35,38,50-51,53-61,76,81,83H,6-11,14-18,21-22,24-34,36-37,39-46H2,1-2H3,(H3,75,77,78)/t50-,51-,53-,54+,55+,56-,57+,58-,59+,60+,61-,68+,69+,70-,71+,73-,74+/m1/s1. The van der Waals surface area contributed by atoms with Crippen molar-refractivity contribution in [3.8, 4) is 11.5 Å². The zero-order chi connectivity index (χ0) is 59.2. The number of aliphatic hydroxyl groups is 1. The minimum Gasteiger partial charge on any atom is -0.504 e. The molecule has 11 aliphatic carbocycles. The van der Waals surface area contributed by atoms with Gasteiger partial charge in [0.25, 0.3) is 0 Å². The summed E-state index contributed by atoms with van der Waals surface area (Å²) in [5.41, 5.74) is 10.9. The maximum atomic E-state index is 15.1. The van der Waals surface area contributed by atoms with E-state index >= 15 is 4.79 Å². The number of phenolic OH excluding ortho intramolecular Hbond substituents is 1. The normalized spacial score (nSPS) is 43.9. The number of carbonyl (C=O) groups excluding carboxylic acids is 2. The molecular formula is C74H101N5O6S2. The van der Waals surface area contributed by atoms with Crippen molar-refractivity contribution in [3.05, 3.63) is 83.0 Å². The largest absolute Gasteiger partial charge is 0.504 e. The Bertz CT molecular complexity index is 3100. The number of hydrogen-bond donors (Lipinski definition) is 5. The summed E-state index contributed by atoms with van der Waals surface area (Å²) in [5, 5.41) is 34.0. The van der Waals surface area contributed by atoms with Gasteiger partial charge in [-0.2, -0.15) is 0 Å². The Kier molecular flexibility index (Phi) is 14.6. The molecule has 2 aromatic rings. The lowest BCUT2D eigenvalue weighted by Crippen LogP contribution is -2.59. The van der Waals surface area contributed by atoms with Crippen molar-refractivity contribution in [2.45, 2.75) is 234 Å². The third-order valence-corrected chi connectivity index (χ3v) is 32.2. The average molecular weight is 1220 g/mol. The number of nitrogens with one attached hydrogen (secondary N) is 2. The summed E-state index contributed by atoms with van der Waals surface area (Å²) in [6.45, 7) is 4.08. The molecule has 7 heterocycles. The van der Waals surface area contributed by atoms with E-state index < -0.39 is 17.3 Å². The zero-order valence-electron chi connectivity index (χ0n) is 52.5. The van der Waals surface area contributed by atoms with Crippen molar-refractivity contribution in [2.24, 2.45) is 85.1 Å². The Morgan fingerprint density at radius 1 is 0.839 bits per heavy atom. The quantitative estimate of drug-likeness (QED) is 0.113. The molecule has 9 saturated carbocycles. The number of aliphatic imine (C=N–C) groups is 1. The molecule has 7 aliphatic heterocycles. The number of nitrogens with two attached hydrogens (primary N) is 1. The van der Waals surface area contributed by atoms with E-state index in [2.05, 4.69) is 100.0 Å². The van der Waals surface area contributed by atoms with E-state index in [9.17, 15) is 15.0 Å². The Morgan fingerprint density at radius 3 is 2.46 bits per heavy atom. The summed E-state index contributed by atoms with van der Waals surface area (Å²) in [5.74, 6) is 5.77. The number of esters is 1. The SMILES string of the molecule is CNC[C@H]1CC[C@@]23CC[C@]4([C@H]5CC[C@H]([C@@H]6CC[C@@](OC(C)=O)(CCc7cc(c(O)c8c7[C@@H]7C=C[C@]9(CCC[C@@H]9C7)O8)CN7C[C@@]8(CC7=O)[C@@H](CC[C@@H]8c7ccccc7)CN=C(N)N[C@@]7(CCCC78CCCC8)SSC5)C[C@H]6O)[C@@H]4C=C[C@@H]12)C31CCCC1. The lowest BCUT2D eigenvalue weighted by molar-refractivity contribution is -0.176. The summed E-state index contributed by atoms with van der Waals surface area (Å²) >= 11 is 0. The highest BCUT2D eigenvalue weighted by Crippen LogP contribution is 2.83. The van der Waals surface area contributed by atoms with E-state index in [1.165, 1.54) is 102 Å². The van der Waals surface area contributed by atoms with Gasteiger partial charge in [-0.05, 0) is 248 Å². The maximum absolute atomic E-state index is 15.1. The fourth-order valence-electron chi connectivity index (χ4n) is 25.6. The van der Waals surface area contributed by atoms with E-state index in [1.807, 2.05) is 4.90 Å². The number of ether oxygens (including phenoxy) is 2. The molecule has 11 nitrogen and oxygen atoms in total. The summed E-state index contributed by atoms with van der Waals surface area (Å²) in [6.07, 6.45) is 40.9. The number of aliphatic hydroxyl groups excluding tert-OH is 1. The van der Waals surface area contributed by atoms with Crippen LogP contribution < -0.4 is 21.1 Å². The maximum Gasteiger partial charge on any atom is 0.303 e. The number of rotatable bonds is 4. The van der Waals surface area contributed by atoms with Crippen molar-refractivity contribution < 1.29 is 29.3 Å². The molecule has 0 radical (unpaired) electrons. The number of hydrogen-bond acceptors (Lipinski definition) is 12. The number of phenols is 1. The van der Waals surface area contributed by atoms with Crippen molar-refractivity contribution in [2.75, 3.05) is 32.4 Å². The molecule has 0 unspecified atom stereocenters. The van der Waals surface area contributed by atoms with Gasteiger partial charge in [0.05, 0.1) is 6.10 Å². The van der Waals surface area contributed by atoms with Gasteiger partial charge in [0.15, 0.2) is 17.5 Å². The predicted molar refractivity (Wildman–Crippen MR) is 347 cm³/mol. The van der Waals surface area contributed by atoms with Crippen molar-refractivity contribution in [3.63, 3.8) is 0 Å². The van der Waals surface area contributed by atoms with Gasteiger partial charge in [0.1, 0.15) is 16.1 Å². The van der Waals surface area contributed by atoms with Crippen molar-refractivity contribution in [1.82, 2.24) is 15.5 Å². The van der Waals surface area contributed by atoms with E-state index in [1.54, 1.807) is 6.92 Å². The van der Waals surface area contributed by atoms with Gasteiger partial charge in [-0.15, -0.1) is 0 Å². The molecule has 13 heteroatoms. The number of amides is 1. The van der Waals surface area contributed by atoms with E-state index in [0.717, 1.165) is 93.2 Å². The lowest BCUT2D eigenvalue weighted by Gasteiger charge is -2.63. The van der Waals surface area contributed by atoms with Gasteiger partial charge in [0, 0.05) is 78.9 Å². The second-order valence-electron chi connectivity index (χ2n) is 31.9. The Morgan fingerprint density at radius 2 is 1.64 bits per heavy atom. The molecule has 87 heavy (non-hydrogen) atoms. The van der Waals surface area contributed by atoms with Crippen LogP contribution in [0.5, 0.6) is 11.5 Å². The van der Waals surface area contributed by atoms with Gasteiger partial charge in [0.2, 0.25) is 5.91 Å². The smallest absolute Gasteiger partial charge is 0.303 e. The van der Waals surface area contributed by atoms with E-state index in [0.29, 0.717) is 91.4 Å². The highest BCUT2D eigenvalue weighted by Gasteiger charge is 2.76. The topological polar surface area (TPSA) is 159 Å². The minimum absolute atomic E-state index is 0.0790. The molecule has 18 aliphatic rings. The van der Waals surface area contributed by atoms with Crippen LogP contribution in [0.1, 0.15) is 221 Å². The lowest BCUT2D eigenvalue weighted by atomic mass is 9.42. The fraction of sp³-hybridized carbons (Fsp3) is 0.743. The van der Waals surface area contributed by atoms with Crippen LogP contribution >= 0.6 is 21.6 Å². The zero-order valence-corrected chi connectivity index (χ0v) is 54.1. The molecule has 1 amide bonds. The Balaban J connectivity index is 0.816. The molecular weight excluding hydrogens is 1120 g/mol. The predicted octanol–water partition coefficient (Wildman–Crippen LogP) is 14.2. The van der Waals surface area contributed by atoms with Crippen LogP contribution in [0.2, 0.25) is 0 Å².